The summed E-state index contributed by atoms with van der Waals surface area (Å²) in [7, 11) is 0. The molecule has 0 radical (unpaired) electrons. The van der Waals surface area contributed by atoms with Crippen LogP contribution in [0.1, 0.15) is 24.5 Å². The molecule has 2 aromatic carbocycles. The lowest BCUT2D eigenvalue weighted by molar-refractivity contribution is -0.0473. The van der Waals surface area contributed by atoms with E-state index in [0.29, 0.717) is 30.3 Å². The summed E-state index contributed by atoms with van der Waals surface area (Å²) < 4.78 is 11.8. The molecule has 31 heavy (non-hydrogen) atoms. The fourth-order valence-corrected chi connectivity index (χ4v) is 3.71. The molecule has 7 heteroatoms. The number of hydrogen-bond acceptors (Lipinski definition) is 7. The molecule has 2 heterocycles. The fourth-order valence-electron chi connectivity index (χ4n) is 3.71. The predicted molar refractivity (Wildman–Crippen MR) is 120 cm³/mol. The first-order chi connectivity index (χ1) is 15.2. The number of nitrogens with one attached hydrogen (secondary N) is 1. The van der Waals surface area contributed by atoms with Crippen LogP contribution in [0.25, 0.3) is 10.9 Å². The van der Waals surface area contributed by atoms with Gasteiger partial charge in [-0.15, -0.1) is 6.42 Å². The van der Waals surface area contributed by atoms with Crippen molar-refractivity contribution in [2.24, 2.45) is 0 Å². The summed E-state index contributed by atoms with van der Waals surface area (Å²) in [6.07, 6.45) is 7.74. The number of hydrogen-bond donors (Lipinski definition) is 2. The lowest BCUT2D eigenvalue weighted by Crippen LogP contribution is -2.46. The van der Waals surface area contributed by atoms with E-state index in [9.17, 15) is 5.11 Å². The second kappa shape index (κ2) is 9.75. The molecule has 3 aromatic rings. The van der Waals surface area contributed by atoms with Crippen LogP contribution in [0.4, 0.5) is 11.5 Å². The van der Waals surface area contributed by atoms with Gasteiger partial charge in [-0.1, -0.05) is 18.9 Å². The normalized spacial score (nSPS) is 15.4. The molecule has 7 nitrogen and oxygen atoms in total. The molecule has 0 amide bonds. The van der Waals surface area contributed by atoms with Crippen LogP contribution in [-0.2, 0) is 11.3 Å². The average molecular weight is 418 g/mol. The zero-order chi connectivity index (χ0) is 21.6. The van der Waals surface area contributed by atoms with Crippen molar-refractivity contribution in [1.29, 1.82) is 0 Å². The van der Waals surface area contributed by atoms with Crippen LogP contribution in [0.15, 0.2) is 42.7 Å². The number of nitrogens with zero attached hydrogens (tertiary/aromatic N) is 3. The SMILES string of the molecule is C#Cc1cccc(Nc2ncnc3cc(CO)c(OC(CC)N4CCOCC4)cc23)c1. The van der Waals surface area contributed by atoms with Crippen LogP contribution in [0.2, 0.25) is 0 Å². The van der Waals surface area contributed by atoms with E-state index in [1.807, 2.05) is 36.4 Å². The Morgan fingerprint density at radius 3 is 2.84 bits per heavy atom. The smallest absolute Gasteiger partial charge is 0.152 e. The van der Waals surface area contributed by atoms with Gasteiger partial charge in [0.1, 0.15) is 17.9 Å². The Labute approximate surface area is 182 Å². The van der Waals surface area contributed by atoms with Crippen LogP contribution in [0.5, 0.6) is 5.75 Å². The molecule has 1 fully saturated rings. The summed E-state index contributed by atoms with van der Waals surface area (Å²) in [6.45, 7) is 4.99. The number of terminal acetylenes is 1. The Hall–Kier alpha value is -3.18. The van der Waals surface area contributed by atoms with E-state index in [-0.39, 0.29) is 12.8 Å². The van der Waals surface area contributed by atoms with Gasteiger partial charge in [0.25, 0.3) is 0 Å². The van der Waals surface area contributed by atoms with Gasteiger partial charge in [-0.3, -0.25) is 4.90 Å². The van der Waals surface area contributed by atoms with Gasteiger partial charge in [0.15, 0.2) is 6.23 Å². The molecule has 1 unspecified atom stereocenters. The molecule has 4 rings (SSSR count). The molecule has 1 saturated heterocycles. The maximum Gasteiger partial charge on any atom is 0.152 e. The molecule has 2 N–H and O–H groups in total. The van der Waals surface area contributed by atoms with Crippen molar-refractivity contribution in [2.75, 3.05) is 31.6 Å². The van der Waals surface area contributed by atoms with Gasteiger partial charge < -0.3 is 19.9 Å². The quantitative estimate of drug-likeness (QED) is 0.570. The van der Waals surface area contributed by atoms with Gasteiger partial charge in [-0.2, -0.15) is 0 Å². The zero-order valence-corrected chi connectivity index (χ0v) is 17.5. The summed E-state index contributed by atoms with van der Waals surface area (Å²) >= 11 is 0. The number of fused-ring (bicyclic) bond motifs is 1. The Bertz CT molecular complexity index is 1090. The Morgan fingerprint density at radius 1 is 1.26 bits per heavy atom. The maximum absolute atomic E-state index is 9.94. The summed E-state index contributed by atoms with van der Waals surface area (Å²) in [4.78, 5) is 11.1. The molecule has 1 aromatic heterocycles. The van der Waals surface area contributed by atoms with Crippen molar-refractivity contribution >= 4 is 22.4 Å². The third-order valence-corrected chi connectivity index (χ3v) is 5.35. The zero-order valence-electron chi connectivity index (χ0n) is 17.5. The highest BCUT2D eigenvalue weighted by Gasteiger charge is 2.22. The van der Waals surface area contributed by atoms with Crippen molar-refractivity contribution in [3.63, 3.8) is 0 Å². The number of benzene rings is 2. The molecule has 160 valence electrons. The van der Waals surface area contributed by atoms with Crippen LogP contribution >= 0.6 is 0 Å². The minimum absolute atomic E-state index is 0.0972. The van der Waals surface area contributed by atoms with E-state index >= 15 is 0 Å². The van der Waals surface area contributed by atoms with E-state index in [2.05, 4.69) is 33.0 Å². The lowest BCUT2D eigenvalue weighted by atomic mass is 10.1. The van der Waals surface area contributed by atoms with Crippen molar-refractivity contribution < 1.29 is 14.6 Å². The summed E-state index contributed by atoms with van der Waals surface area (Å²) in [5.74, 6) is 3.91. The second-order valence-electron chi connectivity index (χ2n) is 7.34. The monoisotopic (exact) mass is 418 g/mol. The van der Waals surface area contributed by atoms with Gasteiger partial charge >= 0.3 is 0 Å². The molecule has 0 spiro atoms. The van der Waals surface area contributed by atoms with Crippen LogP contribution < -0.4 is 10.1 Å². The van der Waals surface area contributed by atoms with E-state index in [0.717, 1.165) is 41.7 Å². The highest BCUT2D eigenvalue weighted by molar-refractivity contribution is 5.92. The van der Waals surface area contributed by atoms with Crippen molar-refractivity contribution in [2.45, 2.75) is 26.2 Å². The van der Waals surface area contributed by atoms with Crippen LogP contribution in [0, 0.1) is 12.3 Å². The van der Waals surface area contributed by atoms with E-state index in [1.54, 1.807) is 0 Å². The van der Waals surface area contributed by atoms with Crippen LogP contribution in [0.3, 0.4) is 0 Å². The summed E-state index contributed by atoms with van der Waals surface area (Å²) in [5, 5.41) is 14.1. The number of rotatable bonds is 7. The van der Waals surface area contributed by atoms with Gasteiger partial charge in [-0.25, -0.2) is 9.97 Å². The topological polar surface area (TPSA) is 79.7 Å². The van der Waals surface area contributed by atoms with Gasteiger partial charge in [0, 0.05) is 35.3 Å². The summed E-state index contributed by atoms with van der Waals surface area (Å²) in [5.41, 5.74) is 3.04. The highest BCUT2D eigenvalue weighted by Crippen LogP contribution is 2.31. The van der Waals surface area contributed by atoms with E-state index < -0.39 is 0 Å². The van der Waals surface area contributed by atoms with E-state index in [4.69, 9.17) is 15.9 Å². The average Bonchev–Trinajstić information content (AvgIpc) is 2.83. The second-order valence-corrected chi connectivity index (χ2v) is 7.34. The Morgan fingerprint density at radius 2 is 2.10 bits per heavy atom. The molecule has 0 bridgehead atoms. The number of anilines is 2. The lowest BCUT2D eigenvalue weighted by Gasteiger charge is -2.34. The molecule has 0 aliphatic carbocycles. The number of aliphatic hydroxyl groups excluding tert-OH is 1. The first-order valence-electron chi connectivity index (χ1n) is 10.4. The third-order valence-electron chi connectivity index (χ3n) is 5.35. The highest BCUT2D eigenvalue weighted by atomic mass is 16.5. The summed E-state index contributed by atoms with van der Waals surface area (Å²) in [6, 6.07) is 11.3. The molecule has 0 saturated carbocycles. The standard InChI is InChI=1S/C24H26N4O3/c1-3-17-6-5-7-19(12-17)27-24-20-14-22(18(15-29)13-21(20)25-16-26-24)31-23(4-2)28-8-10-30-11-9-28/h1,5-7,12-14,16,23,29H,4,8-11,15H2,2H3,(H,25,26,27). The van der Waals surface area contributed by atoms with E-state index in [1.165, 1.54) is 6.33 Å². The third kappa shape index (κ3) is 4.78. The fraction of sp³-hybridized carbons (Fsp3) is 0.333. The number of aliphatic hydroxyl groups is 1. The van der Waals surface area contributed by atoms with Crippen molar-refractivity contribution in [3.05, 3.63) is 53.9 Å². The number of aromatic nitrogens is 2. The number of ether oxygens (including phenoxy) is 2. The molecule has 1 aliphatic heterocycles. The molecular weight excluding hydrogens is 392 g/mol. The van der Waals surface area contributed by atoms with Gasteiger partial charge in [-0.05, 0) is 36.8 Å². The minimum Gasteiger partial charge on any atom is -0.475 e. The maximum atomic E-state index is 9.94. The van der Waals surface area contributed by atoms with Gasteiger partial charge in [0.05, 0.1) is 25.3 Å². The van der Waals surface area contributed by atoms with Crippen molar-refractivity contribution in [1.82, 2.24) is 14.9 Å². The molecule has 1 aliphatic rings. The van der Waals surface area contributed by atoms with Crippen molar-refractivity contribution in [3.8, 4) is 18.1 Å². The van der Waals surface area contributed by atoms with Crippen LogP contribution in [-0.4, -0.2) is 52.5 Å². The Kier molecular flexibility index (Phi) is 6.63. The number of morpholine rings is 1. The largest absolute Gasteiger partial charge is 0.475 e. The predicted octanol–water partition coefficient (Wildman–Crippen LogP) is 3.29. The van der Waals surface area contributed by atoms with Gasteiger partial charge in [0.2, 0.25) is 0 Å². The Balaban J connectivity index is 1.68. The first kappa shape index (κ1) is 21.1. The molecule has 1 atom stereocenters. The minimum atomic E-state index is -0.137. The molecular formula is C24H26N4O3. The first-order valence-corrected chi connectivity index (χ1v) is 10.4.